The fraction of sp³-hybridized carbons (Fsp3) is 0.344. The highest BCUT2D eigenvalue weighted by atomic mass is 32.2. The van der Waals surface area contributed by atoms with Crippen molar-refractivity contribution in [2.24, 2.45) is 0 Å². The molecule has 0 bridgehead atoms. The Kier molecular flexibility index (Phi) is 10.4. The van der Waals surface area contributed by atoms with Crippen LogP contribution in [-0.4, -0.2) is 70.7 Å². The Labute approximate surface area is 268 Å². The summed E-state index contributed by atoms with van der Waals surface area (Å²) in [5.41, 5.74) is 1.99. The van der Waals surface area contributed by atoms with Crippen molar-refractivity contribution in [3.63, 3.8) is 0 Å². The van der Waals surface area contributed by atoms with E-state index in [0.29, 0.717) is 27.6 Å². The van der Waals surface area contributed by atoms with Crippen LogP contribution in [0, 0.1) is 0 Å². The number of methoxy groups -OCH3 is 1. The first kappa shape index (κ1) is 33.7. The molecule has 11 nitrogen and oxygen atoms in total. The Morgan fingerprint density at radius 3 is 2.31 bits per heavy atom. The number of fused-ring (bicyclic) bond motifs is 1. The minimum absolute atomic E-state index is 0.194. The molecule has 4 N–H and O–H groups in total. The van der Waals surface area contributed by atoms with E-state index in [9.17, 15) is 18.0 Å². The van der Waals surface area contributed by atoms with Crippen LogP contribution < -0.4 is 25.4 Å². The van der Waals surface area contributed by atoms with Crippen molar-refractivity contribution in [3.05, 3.63) is 70.7 Å². The van der Waals surface area contributed by atoms with E-state index in [1.54, 1.807) is 36.4 Å². The maximum atomic E-state index is 13.5. The monoisotopic (exact) mass is 652 g/mol. The summed E-state index contributed by atoms with van der Waals surface area (Å²) in [6.07, 6.45) is 3.56. The highest BCUT2D eigenvalue weighted by Crippen LogP contribution is 2.40. The maximum Gasteiger partial charge on any atom is 0.265 e. The fourth-order valence-corrected chi connectivity index (χ4v) is 6.12. The van der Waals surface area contributed by atoms with Crippen LogP contribution >= 0.6 is 11.3 Å². The number of hydrogen-bond acceptors (Lipinski definition) is 9. The van der Waals surface area contributed by atoms with E-state index in [-0.39, 0.29) is 22.8 Å². The number of anilines is 4. The zero-order valence-electron chi connectivity index (χ0n) is 26.6. The minimum atomic E-state index is -3.62. The van der Waals surface area contributed by atoms with E-state index < -0.39 is 15.9 Å². The normalized spacial score (nSPS) is 11.8. The van der Waals surface area contributed by atoms with Crippen LogP contribution in [-0.2, 0) is 15.4 Å². The lowest BCUT2D eigenvalue weighted by atomic mass is 9.86. The van der Waals surface area contributed by atoms with Crippen LogP contribution in [0.25, 0.3) is 10.1 Å². The molecule has 0 fully saturated rings. The van der Waals surface area contributed by atoms with Gasteiger partial charge in [0.05, 0.1) is 45.6 Å². The number of sulfonamides is 1. The van der Waals surface area contributed by atoms with Gasteiger partial charge in [0.1, 0.15) is 5.82 Å². The van der Waals surface area contributed by atoms with Crippen molar-refractivity contribution in [1.29, 1.82) is 0 Å². The Bertz CT molecular complexity index is 1800. The second-order valence-electron chi connectivity index (χ2n) is 12.0. The summed E-state index contributed by atoms with van der Waals surface area (Å²) >= 11 is 1.23. The average molecular weight is 653 g/mol. The number of ether oxygens (including phenoxy) is 1. The van der Waals surface area contributed by atoms with Gasteiger partial charge in [-0.1, -0.05) is 32.9 Å². The van der Waals surface area contributed by atoms with Gasteiger partial charge in [-0.3, -0.25) is 14.3 Å². The van der Waals surface area contributed by atoms with Crippen molar-refractivity contribution >= 4 is 66.1 Å². The molecule has 0 radical (unpaired) electrons. The SMILES string of the molecule is COc1c(NC(=O)c2cc3cccc(NC(=O)c4ccc(NCCCN(C)C)nc4)c3s2)cc(C(C)(C)C)cc1NS(C)(=O)=O. The Morgan fingerprint density at radius 2 is 1.69 bits per heavy atom. The fourth-order valence-electron chi connectivity index (χ4n) is 4.55. The molecule has 0 spiro atoms. The van der Waals surface area contributed by atoms with E-state index in [1.165, 1.54) is 24.6 Å². The summed E-state index contributed by atoms with van der Waals surface area (Å²) in [5, 5.41) is 9.89. The van der Waals surface area contributed by atoms with Gasteiger partial charge in [0.15, 0.2) is 5.75 Å². The van der Waals surface area contributed by atoms with E-state index in [4.69, 9.17) is 4.74 Å². The van der Waals surface area contributed by atoms with E-state index in [1.807, 2.05) is 47.0 Å². The van der Waals surface area contributed by atoms with Crippen molar-refractivity contribution < 1.29 is 22.7 Å². The van der Waals surface area contributed by atoms with Crippen LogP contribution in [0.1, 0.15) is 52.8 Å². The molecule has 2 heterocycles. The summed E-state index contributed by atoms with van der Waals surface area (Å²) in [7, 11) is 1.85. The molecule has 4 rings (SSSR count). The number of aromatic nitrogens is 1. The molecule has 0 aliphatic heterocycles. The molecule has 0 unspecified atom stereocenters. The summed E-state index contributed by atoms with van der Waals surface area (Å²) in [4.78, 5) is 33.5. The van der Waals surface area contributed by atoms with Crippen LogP contribution in [0.2, 0.25) is 0 Å². The van der Waals surface area contributed by atoms with Crippen molar-refractivity contribution in [2.75, 3.05) is 61.2 Å². The zero-order chi connectivity index (χ0) is 32.9. The van der Waals surface area contributed by atoms with Crippen LogP contribution in [0.3, 0.4) is 0 Å². The second-order valence-corrected chi connectivity index (χ2v) is 14.8. The molecule has 0 aliphatic rings. The number of nitrogens with zero attached hydrogens (tertiary/aromatic N) is 2. The number of rotatable bonds is 12. The lowest BCUT2D eigenvalue weighted by Crippen LogP contribution is -2.18. The molecule has 0 saturated heterocycles. The molecular formula is C32H40N6O5S2. The minimum Gasteiger partial charge on any atom is -0.492 e. The number of hydrogen-bond donors (Lipinski definition) is 4. The van der Waals surface area contributed by atoms with Gasteiger partial charge >= 0.3 is 0 Å². The first-order valence-corrected chi connectivity index (χ1v) is 17.1. The first-order valence-electron chi connectivity index (χ1n) is 14.3. The summed E-state index contributed by atoms with van der Waals surface area (Å²) in [6, 6.07) is 14.2. The molecular weight excluding hydrogens is 613 g/mol. The second kappa shape index (κ2) is 13.8. The maximum absolute atomic E-state index is 13.5. The molecule has 45 heavy (non-hydrogen) atoms. The lowest BCUT2D eigenvalue weighted by Gasteiger charge is -2.23. The van der Waals surface area contributed by atoms with Gasteiger partial charge in [-0.2, -0.15) is 0 Å². The Morgan fingerprint density at radius 1 is 0.978 bits per heavy atom. The number of carbonyl (C=O) groups is 2. The van der Waals surface area contributed by atoms with Gasteiger partial charge in [-0.15, -0.1) is 11.3 Å². The zero-order valence-corrected chi connectivity index (χ0v) is 28.2. The lowest BCUT2D eigenvalue weighted by molar-refractivity contribution is 0.102. The number of benzene rings is 2. The van der Waals surface area contributed by atoms with Gasteiger partial charge in [-0.25, -0.2) is 13.4 Å². The molecule has 13 heteroatoms. The molecule has 4 aromatic rings. The standard InChI is InChI=1S/C32H40N6O5S2/c1-32(2,3)22-17-24(28(43-6)25(18-22)37-45(7,41)42)36-31(40)26-16-20-10-8-11-23(29(20)44-26)35-30(39)21-12-13-27(34-19-21)33-14-9-15-38(4)5/h8,10-13,16-19,37H,9,14-15H2,1-7H3,(H,33,34)(H,35,39)(H,36,40). The van der Waals surface area contributed by atoms with Gasteiger partial charge < -0.3 is 25.6 Å². The highest BCUT2D eigenvalue weighted by molar-refractivity contribution is 7.92. The number of amides is 2. The summed E-state index contributed by atoms with van der Waals surface area (Å²) in [5.74, 6) is 0.175. The van der Waals surface area contributed by atoms with Gasteiger partial charge in [0.25, 0.3) is 11.8 Å². The number of carbonyl (C=O) groups excluding carboxylic acids is 2. The van der Waals surface area contributed by atoms with Crippen molar-refractivity contribution in [1.82, 2.24) is 9.88 Å². The third-order valence-electron chi connectivity index (χ3n) is 6.83. The first-order chi connectivity index (χ1) is 21.1. The molecule has 0 atom stereocenters. The highest BCUT2D eigenvalue weighted by Gasteiger charge is 2.23. The van der Waals surface area contributed by atoms with Crippen molar-refractivity contribution in [3.8, 4) is 5.75 Å². The largest absolute Gasteiger partial charge is 0.492 e. The van der Waals surface area contributed by atoms with Gasteiger partial charge in [-0.05, 0) is 79.8 Å². The third-order valence-corrected chi connectivity index (χ3v) is 8.61. The number of nitrogens with one attached hydrogen (secondary N) is 4. The molecule has 0 saturated carbocycles. The number of pyridine rings is 1. The van der Waals surface area contributed by atoms with E-state index in [0.717, 1.165) is 41.4 Å². The van der Waals surface area contributed by atoms with E-state index >= 15 is 0 Å². The molecule has 240 valence electrons. The topological polar surface area (TPSA) is 142 Å². The smallest absolute Gasteiger partial charge is 0.265 e. The van der Waals surface area contributed by atoms with Crippen LogP contribution in [0.4, 0.5) is 22.9 Å². The van der Waals surface area contributed by atoms with Crippen molar-refractivity contribution in [2.45, 2.75) is 32.6 Å². The van der Waals surface area contributed by atoms with Gasteiger partial charge in [0, 0.05) is 12.7 Å². The quantitative estimate of drug-likeness (QED) is 0.140. The average Bonchev–Trinajstić information content (AvgIpc) is 3.40. The molecule has 2 aromatic carbocycles. The summed E-state index contributed by atoms with van der Waals surface area (Å²) in [6.45, 7) is 7.71. The van der Waals surface area contributed by atoms with Gasteiger partial charge in [0.2, 0.25) is 10.0 Å². The predicted octanol–water partition coefficient (Wildman–Crippen LogP) is 5.84. The van der Waals surface area contributed by atoms with Crippen LogP contribution in [0.5, 0.6) is 5.75 Å². The molecule has 2 aromatic heterocycles. The predicted molar refractivity (Wildman–Crippen MR) is 184 cm³/mol. The van der Waals surface area contributed by atoms with E-state index in [2.05, 4.69) is 30.6 Å². The molecule has 2 amide bonds. The third kappa shape index (κ3) is 8.93. The summed E-state index contributed by atoms with van der Waals surface area (Å²) < 4.78 is 32.9. The number of thiophene rings is 1. The van der Waals surface area contributed by atoms with Crippen LogP contribution in [0.15, 0.2) is 54.7 Å². The Balaban J connectivity index is 1.54. The molecule has 0 aliphatic carbocycles. The Hall–Kier alpha value is -4.20.